The van der Waals surface area contributed by atoms with Crippen molar-refractivity contribution in [2.75, 3.05) is 7.11 Å². The zero-order chi connectivity index (χ0) is 22.5. The fourth-order valence-electron chi connectivity index (χ4n) is 2.94. The molecule has 1 amide bonds. The summed E-state index contributed by atoms with van der Waals surface area (Å²) in [4.78, 5) is 25.4. The van der Waals surface area contributed by atoms with E-state index in [1.54, 1.807) is 49.4 Å². The van der Waals surface area contributed by atoms with Crippen LogP contribution >= 0.6 is 0 Å². The first-order valence-electron chi connectivity index (χ1n) is 9.18. The molecule has 9 heteroatoms. The Hall–Kier alpha value is -4.45. The number of carbonyl (C=O) groups is 1. The van der Waals surface area contributed by atoms with Crippen molar-refractivity contribution in [2.24, 2.45) is 5.10 Å². The van der Waals surface area contributed by atoms with Crippen molar-refractivity contribution in [3.63, 3.8) is 0 Å². The number of nitrogens with zero attached hydrogens (tertiary/aromatic N) is 4. The van der Waals surface area contributed by atoms with Gasteiger partial charge >= 0.3 is 0 Å². The number of amides is 1. The zero-order valence-electron chi connectivity index (χ0n) is 17.1. The quantitative estimate of drug-likeness (QED) is 0.484. The summed E-state index contributed by atoms with van der Waals surface area (Å²) in [5.41, 5.74) is 3.08. The number of hydrogen-bond donors (Lipinski definition) is 2. The third kappa shape index (κ3) is 4.13. The maximum atomic E-state index is 12.7. The van der Waals surface area contributed by atoms with E-state index in [9.17, 15) is 20.0 Å². The van der Waals surface area contributed by atoms with E-state index in [1.165, 1.54) is 20.2 Å². The predicted octanol–water partition coefficient (Wildman–Crippen LogP) is 2.20. The number of nitriles is 1. The molecule has 0 unspecified atom stereocenters. The van der Waals surface area contributed by atoms with Crippen molar-refractivity contribution in [3.8, 4) is 23.3 Å². The average molecular weight is 417 g/mol. The maximum absolute atomic E-state index is 12.7. The van der Waals surface area contributed by atoms with E-state index < -0.39 is 11.5 Å². The number of ether oxygens (including phenoxy) is 1. The van der Waals surface area contributed by atoms with Crippen LogP contribution < -0.4 is 15.7 Å². The van der Waals surface area contributed by atoms with Gasteiger partial charge in [-0.25, -0.2) is 5.43 Å². The lowest BCUT2D eigenvalue weighted by Gasteiger charge is -2.12. The number of methoxy groups -OCH3 is 1. The van der Waals surface area contributed by atoms with Crippen LogP contribution in [-0.4, -0.2) is 34.1 Å². The average Bonchev–Trinajstić information content (AvgIpc) is 2.76. The third-order valence-electron chi connectivity index (χ3n) is 4.63. The second-order valence-electron chi connectivity index (χ2n) is 6.56. The Bertz CT molecular complexity index is 1290. The zero-order valence-corrected chi connectivity index (χ0v) is 17.1. The monoisotopic (exact) mass is 417 g/mol. The van der Waals surface area contributed by atoms with Gasteiger partial charge in [0.1, 0.15) is 11.6 Å². The molecule has 0 atom stereocenters. The molecule has 3 aromatic rings. The van der Waals surface area contributed by atoms with Crippen molar-refractivity contribution in [2.45, 2.75) is 13.8 Å². The van der Waals surface area contributed by atoms with E-state index in [0.29, 0.717) is 11.3 Å². The van der Waals surface area contributed by atoms with Gasteiger partial charge in [-0.1, -0.05) is 24.3 Å². The Morgan fingerprint density at radius 3 is 2.68 bits per heavy atom. The minimum absolute atomic E-state index is 0.119. The fraction of sp³-hybridized carbons (Fsp3) is 0.136. The van der Waals surface area contributed by atoms with E-state index in [1.807, 2.05) is 6.07 Å². The molecule has 0 aliphatic carbocycles. The highest BCUT2D eigenvalue weighted by Gasteiger charge is 2.20. The topological polar surface area (TPSA) is 130 Å². The number of phenolic OH excluding ortho intramolecular Hbond substituents is 1. The summed E-state index contributed by atoms with van der Waals surface area (Å²) in [7, 11) is 1.42. The smallest absolute Gasteiger partial charge is 0.292 e. The van der Waals surface area contributed by atoms with E-state index in [-0.39, 0.29) is 28.3 Å². The molecule has 31 heavy (non-hydrogen) atoms. The minimum atomic E-state index is -0.713. The molecule has 1 heterocycles. The van der Waals surface area contributed by atoms with Gasteiger partial charge in [0.25, 0.3) is 11.5 Å². The first-order chi connectivity index (χ1) is 14.9. The van der Waals surface area contributed by atoms with Crippen molar-refractivity contribution in [1.29, 1.82) is 5.26 Å². The summed E-state index contributed by atoms with van der Waals surface area (Å²) in [5, 5.41) is 27.6. The Labute approximate surface area is 177 Å². The largest absolute Gasteiger partial charge is 0.504 e. The lowest BCUT2D eigenvalue weighted by atomic mass is 10.1. The second-order valence-corrected chi connectivity index (χ2v) is 6.56. The standard InChI is InChI=1S/C22H19N5O4/c1-13-7-4-5-9-17(13)27-22(30)16(11-23)14(2)19(26-27)21(29)25-24-12-15-8-6-10-18(31-3)20(15)28/h4-10,12,28H,1-3H3,(H,25,29)/b24-12+. The van der Waals surface area contributed by atoms with E-state index in [2.05, 4.69) is 15.6 Å². The SMILES string of the molecule is COc1cccc(/C=N/NC(=O)c2nn(-c3ccccc3C)c(=O)c(C#N)c2C)c1O. The molecule has 2 N–H and O–H groups in total. The molecule has 0 fully saturated rings. The number of nitrogens with one attached hydrogen (secondary N) is 1. The van der Waals surface area contributed by atoms with Gasteiger partial charge in [0, 0.05) is 11.1 Å². The van der Waals surface area contributed by atoms with Crippen LogP contribution in [0.2, 0.25) is 0 Å². The van der Waals surface area contributed by atoms with Crippen LogP contribution in [-0.2, 0) is 0 Å². The third-order valence-corrected chi connectivity index (χ3v) is 4.63. The maximum Gasteiger partial charge on any atom is 0.292 e. The molecule has 0 aliphatic rings. The summed E-state index contributed by atoms with van der Waals surface area (Å²) >= 11 is 0. The van der Waals surface area contributed by atoms with Gasteiger partial charge in [-0.05, 0) is 37.6 Å². The molecule has 0 saturated heterocycles. The molecule has 1 aromatic heterocycles. The molecule has 9 nitrogen and oxygen atoms in total. The molecule has 156 valence electrons. The number of aromatic hydroxyl groups is 1. The Kier molecular flexibility index (Phi) is 6.12. The van der Waals surface area contributed by atoms with Crippen molar-refractivity contribution < 1.29 is 14.6 Å². The Morgan fingerprint density at radius 1 is 1.26 bits per heavy atom. The van der Waals surface area contributed by atoms with Gasteiger partial charge in [-0.15, -0.1) is 0 Å². The first kappa shape index (κ1) is 21.3. The molecule has 0 aliphatic heterocycles. The number of hydrazone groups is 1. The predicted molar refractivity (Wildman–Crippen MR) is 114 cm³/mol. The number of para-hydroxylation sites is 2. The Balaban J connectivity index is 1.98. The van der Waals surface area contributed by atoms with Crippen LogP contribution in [0.5, 0.6) is 11.5 Å². The highest BCUT2D eigenvalue weighted by molar-refractivity contribution is 5.95. The molecular formula is C22H19N5O4. The summed E-state index contributed by atoms with van der Waals surface area (Å²) in [6.45, 7) is 3.27. The molecule has 0 saturated carbocycles. The first-order valence-corrected chi connectivity index (χ1v) is 9.18. The number of aromatic nitrogens is 2. The number of aryl methyl sites for hydroxylation is 1. The molecule has 2 aromatic carbocycles. The van der Waals surface area contributed by atoms with Gasteiger partial charge in [0.15, 0.2) is 17.2 Å². The normalized spacial score (nSPS) is 10.6. The van der Waals surface area contributed by atoms with E-state index >= 15 is 0 Å². The van der Waals surface area contributed by atoms with Crippen LogP contribution in [0.15, 0.2) is 52.4 Å². The second kappa shape index (κ2) is 8.92. The fourth-order valence-corrected chi connectivity index (χ4v) is 2.94. The summed E-state index contributed by atoms with van der Waals surface area (Å²) < 4.78 is 6.06. The highest BCUT2D eigenvalue weighted by Crippen LogP contribution is 2.27. The van der Waals surface area contributed by atoms with Gasteiger partial charge in [0.05, 0.1) is 19.0 Å². The number of hydrogen-bond acceptors (Lipinski definition) is 7. The molecule has 0 radical (unpaired) electrons. The molecule has 0 bridgehead atoms. The van der Waals surface area contributed by atoms with E-state index in [4.69, 9.17) is 4.74 Å². The van der Waals surface area contributed by atoms with Crippen molar-refractivity contribution in [1.82, 2.24) is 15.2 Å². The molecule has 3 rings (SSSR count). The lowest BCUT2D eigenvalue weighted by Crippen LogP contribution is -2.31. The molecular weight excluding hydrogens is 398 g/mol. The lowest BCUT2D eigenvalue weighted by molar-refractivity contribution is 0.0947. The van der Waals surface area contributed by atoms with Crippen molar-refractivity contribution in [3.05, 3.63) is 80.8 Å². The van der Waals surface area contributed by atoms with Crippen LogP contribution in [0.4, 0.5) is 0 Å². The molecule has 0 spiro atoms. The number of phenols is 1. The van der Waals surface area contributed by atoms with E-state index in [0.717, 1.165) is 10.2 Å². The number of rotatable bonds is 5. The Morgan fingerprint density at radius 2 is 2.00 bits per heavy atom. The minimum Gasteiger partial charge on any atom is -0.504 e. The summed E-state index contributed by atoms with van der Waals surface area (Å²) in [6.07, 6.45) is 1.24. The highest BCUT2D eigenvalue weighted by atomic mass is 16.5. The van der Waals surface area contributed by atoms with Crippen molar-refractivity contribution >= 4 is 12.1 Å². The summed E-state index contributed by atoms with van der Waals surface area (Å²) in [6, 6.07) is 13.7. The van der Waals surface area contributed by atoms with Crippen LogP contribution in [0.25, 0.3) is 5.69 Å². The van der Waals surface area contributed by atoms with Gasteiger partial charge in [-0.3, -0.25) is 9.59 Å². The van der Waals surface area contributed by atoms with Crippen LogP contribution in [0, 0.1) is 25.2 Å². The number of carbonyl (C=O) groups excluding carboxylic acids is 1. The summed E-state index contributed by atoms with van der Waals surface area (Å²) in [5.74, 6) is -0.580. The van der Waals surface area contributed by atoms with Gasteiger partial charge < -0.3 is 9.84 Å². The van der Waals surface area contributed by atoms with Crippen LogP contribution in [0.3, 0.4) is 0 Å². The van der Waals surface area contributed by atoms with Crippen LogP contribution in [0.1, 0.15) is 32.7 Å². The van der Waals surface area contributed by atoms with Gasteiger partial charge in [-0.2, -0.15) is 20.1 Å². The number of benzene rings is 2. The van der Waals surface area contributed by atoms with Gasteiger partial charge in [0.2, 0.25) is 0 Å².